The first-order valence-corrected chi connectivity index (χ1v) is 9.90. The third-order valence-electron chi connectivity index (χ3n) is 5.39. The number of carboxylic acid groups (broad SMARTS) is 1. The highest BCUT2D eigenvalue weighted by Gasteiger charge is 2.36. The first-order valence-electron chi connectivity index (χ1n) is 9.02. The van der Waals surface area contributed by atoms with Crippen LogP contribution < -0.4 is 0 Å². The van der Waals surface area contributed by atoms with Crippen molar-refractivity contribution in [2.24, 2.45) is 0 Å². The number of carbonyl (C=O) groups excluding carboxylic acids is 1. The van der Waals surface area contributed by atoms with E-state index in [2.05, 4.69) is 23.6 Å². The number of fused-ring (bicyclic) bond motifs is 1. The first kappa shape index (κ1) is 17.2. The van der Waals surface area contributed by atoms with Crippen LogP contribution in [0.15, 0.2) is 41.8 Å². The molecule has 5 nitrogen and oxygen atoms in total. The van der Waals surface area contributed by atoms with E-state index < -0.39 is 12.0 Å². The second-order valence-electron chi connectivity index (χ2n) is 6.92. The molecule has 136 valence electrons. The van der Waals surface area contributed by atoms with E-state index in [1.165, 1.54) is 10.4 Å². The molecule has 0 aliphatic carbocycles. The minimum absolute atomic E-state index is 0.0175. The maximum Gasteiger partial charge on any atom is 0.320 e. The van der Waals surface area contributed by atoms with Crippen LogP contribution in [0, 0.1) is 0 Å². The summed E-state index contributed by atoms with van der Waals surface area (Å²) in [6.45, 7) is 1.54. The maximum absolute atomic E-state index is 13.1. The molecule has 1 aromatic heterocycles. The topological polar surface area (TPSA) is 60.9 Å². The fourth-order valence-electron chi connectivity index (χ4n) is 4.14. The van der Waals surface area contributed by atoms with Gasteiger partial charge in [0, 0.05) is 11.4 Å². The van der Waals surface area contributed by atoms with Crippen molar-refractivity contribution in [1.82, 2.24) is 9.80 Å². The third kappa shape index (κ3) is 3.15. The summed E-state index contributed by atoms with van der Waals surface area (Å²) in [7, 11) is 0. The van der Waals surface area contributed by atoms with E-state index in [9.17, 15) is 14.7 Å². The van der Waals surface area contributed by atoms with E-state index in [1.807, 2.05) is 28.0 Å². The van der Waals surface area contributed by atoms with Crippen molar-refractivity contribution in [3.05, 3.63) is 57.8 Å². The molecule has 0 radical (unpaired) electrons. The summed E-state index contributed by atoms with van der Waals surface area (Å²) in [5, 5.41) is 11.5. The summed E-state index contributed by atoms with van der Waals surface area (Å²) in [5.41, 5.74) is 2.31. The van der Waals surface area contributed by atoms with Crippen LogP contribution in [0.4, 0.5) is 0 Å². The number of carbonyl (C=O) groups is 2. The molecule has 0 saturated carbocycles. The number of aliphatic carboxylic acids is 1. The lowest BCUT2D eigenvalue weighted by Gasteiger charge is -2.37. The molecule has 1 N–H and O–H groups in total. The quantitative estimate of drug-likeness (QED) is 0.899. The number of hydrogen-bond donors (Lipinski definition) is 1. The summed E-state index contributed by atoms with van der Waals surface area (Å²) in [6, 6.07) is 11.6. The van der Waals surface area contributed by atoms with Crippen molar-refractivity contribution in [3.63, 3.8) is 0 Å². The lowest BCUT2D eigenvalue weighted by atomic mass is 9.93. The lowest BCUT2D eigenvalue weighted by Crippen LogP contribution is -2.47. The van der Waals surface area contributed by atoms with Crippen molar-refractivity contribution in [2.75, 3.05) is 19.6 Å². The van der Waals surface area contributed by atoms with E-state index >= 15 is 0 Å². The molecule has 2 aliphatic rings. The van der Waals surface area contributed by atoms with Gasteiger partial charge in [-0.15, -0.1) is 11.3 Å². The summed E-state index contributed by atoms with van der Waals surface area (Å²) in [4.78, 5) is 29.6. The van der Waals surface area contributed by atoms with Crippen LogP contribution in [0.2, 0.25) is 0 Å². The van der Waals surface area contributed by atoms with Gasteiger partial charge >= 0.3 is 5.97 Å². The SMILES string of the molecule is O=C(O)[C@H]1CCCN1CC(=O)N1CCc2sccc2C1c1ccccc1. The van der Waals surface area contributed by atoms with Gasteiger partial charge < -0.3 is 10.0 Å². The standard InChI is InChI=1S/C20H22N2O3S/c23-18(13-21-10-4-7-16(21)20(24)25)22-11-8-17-15(9-12-26-17)19(22)14-5-2-1-3-6-14/h1-3,5-6,9,12,16,19H,4,7-8,10-11,13H2,(H,24,25)/t16-,19?/m1/s1. The zero-order valence-electron chi connectivity index (χ0n) is 14.5. The highest BCUT2D eigenvalue weighted by molar-refractivity contribution is 7.10. The molecule has 1 fully saturated rings. The number of likely N-dealkylation sites (tertiary alicyclic amines) is 1. The van der Waals surface area contributed by atoms with Crippen molar-refractivity contribution >= 4 is 23.2 Å². The van der Waals surface area contributed by atoms with E-state index in [1.54, 1.807) is 11.3 Å². The monoisotopic (exact) mass is 370 g/mol. The fourth-order valence-corrected chi connectivity index (χ4v) is 5.04. The van der Waals surface area contributed by atoms with E-state index in [-0.39, 0.29) is 18.5 Å². The van der Waals surface area contributed by atoms with E-state index in [4.69, 9.17) is 0 Å². The van der Waals surface area contributed by atoms with Gasteiger partial charge in [-0.25, -0.2) is 0 Å². The lowest BCUT2D eigenvalue weighted by molar-refractivity contribution is -0.143. The highest BCUT2D eigenvalue weighted by Crippen LogP contribution is 2.37. The van der Waals surface area contributed by atoms with Gasteiger partial charge in [0.1, 0.15) is 6.04 Å². The van der Waals surface area contributed by atoms with Crippen LogP contribution in [0.1, 0.15) is 34.9 Å². The molecule has 4 rings (SSSR count). The number of nitrogens with zero attached hydrogens (tertiary/aromatic N) is 2. The predicted octanol–water partition coefficient (Wildman–Crippen LogP) is 2.77. The van der Waals surface area contributed by atoms with Gasteiger partial charge in [-0.05, 0) is 48.4 Å². The number of benzene rings is 1. The minimum atomic E-state index is -0.825. The Morgan fingerprint density at radius 2 is 1.96 bits per heavy atom. The molecule has 1 unspecified atom stereocenters. The number of amides is 1. The Bertz CT molecular complexity index is 804. The molecule has 0 spiro atoms. The second kappa shape index (κ2) is 7.21. The molecular formula is C20H22N2O3S. The van der Waals surface area contributed by atoms with Crippen molar-refractivity contribution in [1.29, 1.82) is 0 Å². The Morgan fingerprint density at radius 3 is 2.73 bits per heavy atom. The van der Waals surface area contributed by atoms with Crippen molar-refractivity contribution in [2.45, 2.75) is 31.3 Å². The molecular weight excluding hydrogens is 348 g/mol. The normalized spacial score (nSPS) is 23.0. The molecule has 2 aliphatic heterocycles. The Kier molecular flexibility index (Phi) is 4.78. The zero-order valence-corrected chi connectivity index (χ0v) is 15.3. The van der Waals surface area contributed by atoms with Gasteiger partial charge in [-0.1, -0.05) is 30.3 Å². The number of hydrogen-bond acceptors (Lipinski definition) is 4. The van der Waals surface area contributed by atoms with Gasteiger partial charge in [0.25, 0.3) is 0 Å². The average molecular weight is 370 g/mol. The maximum atomic E-state index is 13.1. The van der Waals surface area contributed by atoms with Gasteiger partial charge in [-0.3, -0.25) is 14.5 Å². The van der Waals surface area contributed by atoms with Gasteiger partial charge in [0.2, 0.25) is 5.91 Å². The summed E-state index contributed by atoms with van der Waals surface area (Å²) >= 11 is 1.75. The minimum Gasteiger partial charge on any atom is -0.480 e. The third-order valence-corrected chi connectivity index (χ3v) is 6.39. The van der Waals surface area contributed by atoms with Crippen LogP contribution in [0.25, 0.3) is 0 Å². The summed E-state index contributed by atoms with van der Waals surface area (Å²) in [5.74, 6) is -0.808. The Labute approximate surface area is 156 Å². The van der Waals surface area contributed by atoms with Gasteiger partial charge in [0.05, 0.1) is 12.6 Å². The molecule has 2 atom stereocenters. The largest absolute Gasteiger partial charge is 0.480 e. The molecule has 0 bridgehead atoms. The smallest absolute Gasteiger partial charge is 0.320 e. The number of rotatable bonds is 4. The first-order chi connectivity index (χ1) is 12.6. The molecule has 3 heterocycles. The van der Waals surface area contributed by atoms with Crippen molar-refractivity contribution in [3.8, 4) is 0 Å². The van der Waals surface area contributed by atoms with Crippen LogP contribution >= 0.6 is 11.3 Å². The van der Waals surface area contributed by atoms with Crippen molar-refractivity contribution < 1.29 is 14.7 Å². The second-order valence-corrected chi connectivity index (χ2v) is 7.92. The van der Waals surface area contributed by atoms with E-state index in [0.717, 1.165) is 18.4 Å². The van der Waals surface area contributed by atoms with Crippen LogP contribution in [-0.2, 0) is 16.0 Å². The molecule has 1 aromatic carbocycles. The van der Waals surface area contributed by atoms with Crippen LogP contribution in [0.5, 0.6) is 0 Å². The zero-order chi connectivity index (χ0) is 18.1. The molecule has 2 aromatic rings. The summed E-state index contributed by atoms with van der Waals surface area (Å²) < 4.78 is 0. The Morgan fingerprint density at radius 1 is 1.15 bits per heavy atom. The Balaban J connectivity index is 1.60. The highest BCUT2D eigenvalue weighted by atomic mass is 32.1. The molecule has 6 heteroatoms. The van der Waals surface area contributed by atoms with E-state index in [0.29, 0.717) is 19.5 Å². The predicted molar refractivity (Wildman–Crippen MR) is 100 cm³/mol. The molecule has 1 amide bonds. The van der Waals surface area contributed by atoms with Crippen LogP contribution in [-0.4, -0.2) is 52.5 Å². The summed E-state index contributed by atoms with van der Waals surface area (Å²) in [6.07, 6.45) is 2.32. The molecule has 26 heavy (non-hydrogen) atoms. The number of thiophene rings is 1. The Hall–Kier alpha value is -2.18. The van der Waals surface area contributed by atoms with Crippen LogP contribution in [0.3, 0.4) is 0 Å². The molecule has 1 saturated heterocycles. The fraction of sp³-hybridized carbons (Fsp3) is 0.400. The van der Waals surface area contributed by atoms with Gasteiger partial charge in [0.15, 0.2) is 0 Å². The average Bonchev–Trinajstić information content (AvgIpc) is 3.30. The van der Waals surface area contributed by atoms with Gasteiger partial charge in [-0.2, -0.15) is 0 Å². The number of carboxylic acids is 1.